The first-order valence-corrected chi connectivity index (χ1v) is 23.3. The first-order valence-electron chi connectivity index (χ1n) is 19.3. The van der Waals surface area contributed by atoms with E-state index in [1.54, 1.807) is 14.0 Å². The Morgan fingerprint density at radius 1 is 0.860 bits per heavy atom. The number of hydrogen-bond donors (Lipinski definition) is 1. The summed E-state index contributed by atoms with van der Waals surface area (Å²) in [5.41, 5.74) is 2.68. The van der Waals surface area contributed by atoms with Crippen LogP contribution in [0, 0.1) is 13.8 Å². The Balaban J connectivity index is 1.46. The summed E-state index contributed by atoms with van der Waals surface area (Å²) in [6, 6.07) is 33.2. The van der Waals surface area contributed by atoms with Crippen LogP contribution in [0.2, 0.25) is 18.1 Å². The van der Waals surface area contributed by atoms with Gasteiger partial charge in [0, 0.05) is 23.3 Å². The number of rotatable bonds is 10. The van der Waals surface area contributed by atoms with E-state index in [-0.39, 0.29) is 30.4 Å². The predicted molar refractivity (Wildman–Crippen MR) is 225 cm³/mol. The van der Waals surface area contributed by atoms with E-state index in [4.69, 9.17) is 23.2 Å². The molecule has 0 fully saturated rings. The molecule has 1 aliphatic rings. The van der Waals surface area contributed by atoms with Crippen LogP contribution in [0.25, 0.3) is 0 Å². The molecule has 0 spiro atoms. The summed E-state index contributed by atoms with van der Waals surface area (Å²) in [5.74, 6) is 0.843. The van der Waals surface area contributed by atoms with Gasteiger partial charge in [0.25, 0.3) is 0 Å². The van der Waals surface area contributed by atoms with Gasteiger partial charge in [-0.05, 0) is 61.2 Å². The number of hydrogen-bond acceptors (Lipinski definition) is 10. The topological polar surface area (TPSA) is 122 Å². The van der Waals surface area contributed by atoms with E-state index >= 15 is 0 Å². The number of ether oxygens (including phenoxy) is 3. The van der Waals surface area contributed by atoms with E-state index in [1.165, 1.54) is 11.8 Å². The Morgan fingerprint density at radius 3 is 1.95 bits per heavy atom. The molecule has 1 unspecified atom stereocenters. The third kappa shape index (κ3) is 9.36. The number of carbonyl (C=O) groups excluding carboxylic acids is 2. The van der Waals surface area contributed by atoms with Crippen LogP contribution in [0.1, 0.15) is 95.0 Å². The van der Waals surface area contributed by atoms with Crippen LogP contribution in [0.4, 0.5) is 0 Å². The summed E-state index contributed by atoms with van der Waals surface area (Å²) in [5, 5.41) is 7.01. The molecular weight excluding hydrogens is 755 g/mol. The second kappa shape index (κ2) is 17.8. The van der Waals surface area contributed by atoms with Crippen LogP contribution in [0.3, 0.4) is 0 Å². The minimum atomic E-state index is -2.44. The molecule has 0 radical (unpaired) electrons. The van der Waals surface area contributed by atoms with Crippen LogP contribution in [0.15, 0.2) is 108 Å². The highest BCUT2D eigenvalue weighted by atomic mass is 32.2. The zero-order valence-electron chi connectivity index (χ0n) is 34.0. The van der Waals surface area contributed by atoms with E-state index in [9.17, 15) is 9.59 Å². The van der Waals surface area contributed by atoms with Gasteiger partial charge in [-0.2, -0.15) is 4.98 Å². The van der Waals surface area contributed by atoms with Gasteiger partial charge in [0.15, 0.2) is 14.1 Å². The lowest BCUT2D eigenvalue weighted by atomic mass is 9.80. The lowest BCUT2D eigenvalue weighted by molar-refractivity contribution is -0.123. The van der Waals surface area contributed by atoms with Crippen molar-refractivity contribution in [3.63, 3.8) is 0 Å². The Bertz CT molecular complexity index is 2030. The number of thioether (sulfide) groups is 1. The third-order valence-corrected chi connectivity index (χ3v) is 16.7. The second-order valence-corrected chi connectivity index (χ2v) is 21.7. The van der Waals surface area contributed by atoms with Crippen LogP contribution in [0.5, 0.6) is 5.75 Å². The zero-order valence-corrected chi connectivity index (χ0v) is 35.9. The third-order valence-electron chi connectivity index (χ3n) is 10.9. The van der Waals surface area contributed by atoms with Crippen molar-refractivity contribution >= 4 is 32.0 Å². The summed E-state index contributed by atoms with van der Waals surface area (Å²) in [6.07, 6.45) is -0.621. The summed E-state index contributed by atoms with van der Waals surface area (Å²) in [7, 11) is -0.857. The Morgan fingerprint density at radius 2 is 1.44 bits per heavy atom. The zero-order chi connectivity index (χ0) is 40.8. The van der Waals surface area contributed by atoms with Gasteiger partial charge in [-0.25, -0.2) is 4.79 Å². The van der Waals surface area contributed by atoms with Gasteiger partial charge in [-0.15, -0.1) is 11.8 Å². The number of nitrogens with one attached hydrogen (secondary N) is 1. The first kappa shape index (κ1) is 41.9. The number of nitrogens with zero attached hydrogens (tertiary/aromatic N) is 2. The molecule has 0 saturated heterocycles. The molecule has 57 heavy (non-hydrogen) atoms. The van der Waals surface area contributed by atoms with Gasteiger partial charge in [0.05, 0.1) is 19.3 Å². The van der Waals surface area contributed by atoms with E-state index in [2.05, 4.69) is 49.3 Å². The molecular formula is C45H53N3O7SSi. The minimum absolute atomic E-state index is 0.0268. The van der Waals surface area contributed by atoms with Gasteiger partial charge in [0.2, 0.25) is 11.8 Å². The van der Waals surface area contributed by atoms with Crippen molar-refractivity contribution in [2.75, 3.05) is 19.5 Å². The molecule has 300 valence electrons. The summed E-state index contributed by atoms with van der Waals surface area (Å²) in [6.45, 7) is 14.4. The van der Waals surface area contributed by atoms with E-state index in [1.807, 2.05) is 110 Å². The molecule has 10 nitrogen and oxygen atoms in total. The van der Waals surface area contributed by atoms with Crippen LogP contribution in [-0.4, -0.2) is 55.9 Å². The molecule has 2 heterocycles. The number of esters is 1. The SMILES string of the molecule is COc1ccc2c(c1C)C(=O)O[C@H](COC(c1ccccc1)(c1ccccc1)c1ccccc1)CCC(=O)N[C@H](c1nc(C)no1)CSC2O[Si](C)(C)C(C)(C)C. The molecule has 5 aromatic rings. The number of benzene rings is 4. The molecule has 4 aromatic carbocycles. The van der Waals surface area contributed by atoms with Gasteiger partial charge in [-0.3, -0.25) is 4.79 Å². The fraction of sp³-hybridized carbons (Fsp3) is 0.378. The van der Waals surface area contributed by atoms with Crippen molar-refractivity contribution in [3.8, 4) is 5.75 Å². The first-order chi connectivity index (χ1) is 27.2. The van der Waals surface area contributed by atoms with Crippen molar-refractivity contribution < 1.29 is 32.7 Å². The van der Waals surface area contributed by atoms with Crippen molar-refractivity contribution in [1.82, 2.24) is 15.5 Å². The molecule has 3 atom stereocenters. The standard InChI is InChI=1S/C45H53N3O7SSi/c1-30-38(51-6)26-25-36-40(30)42(50)53-35(28-52-45(32-18-12-9-13-19-32,33-20-14-10-15-21-33)34-22-16-11-17-23-34)24-27-39(49)47-37(41-46-31(2)48-54-41)29-56-43(36)55-57(7,8)44(3,4)5/h9-23,25-26,35,37,43H,24,27-29H2,1-8H3,(H,47,49)/t35-,37-,43?/m0/s1. The normalized spacial score (nSPS) is 18.6. The lowest BCUT2D eigenvalue weighted by Gasteiger charge is -2.39. The second-order valence-electron chi connectivity index (χ2n) is 15.9. The van der Waals surface area contributed by atoms with Gasteiger partial charge < -0.3 is 28.5 Å². The Kier molecular flexibility index (Phi) is 13.1. The highest BCUT2D eigenvalue weighted by Crippen LogP contribution is 2.46. The molecule has 12 heteroatoms. The minimum Gasteiger partial charge on any atom is -0.496 e. The quantitative estimate of drug-likeness (QED) is 0.0830. The summed E-state index contributed by atoms with van der Waals surface area (Å²) in [4.78, 5) is 33.1. The molecule has 1 amide bonds. The molecule has 1 N–H and O–H groups in total. The smallest absolute Gasteiger partial charge is 0.339 e. The van der Waals surface area contributed by atoms with Crippen LogP contribution < -0.4 is 10.1 Å². The van der Waals surface area contributed by atoms with Crippen LogP contribution in [-0.2, 0) is 24.3 Å². The lowest BCUT2D eigenvalue weighted by Crippen LogP contribution is -2.41. The summed E-state index contributed by atoms with van der Waals surface area (Å²) >= 11 is 1.47. The predicted octanol–water partition coefficient (Wildman–Crippen LogP) is 9.63. The molecule has 1 aliphatic heterocycles. The maximum absolute atomic E-state index is 14.8. The van der Waals surface area contributed by atoms with Crippen LogP contribution >= 0.6 is 11.8 Å². The maximum atomic E-state index is 14.8. The number of amides is 1. The van der Waals surface area contributed by atoms with Crippen molar-refractivity contribution in [2.24, 2.45) is 0 Å². The monoisotopic (exact) mass is 807 g/mol. The van der Waals surface area contributed by atoms with Gasteiger partial charge >= 0.3 is 5.97 Å². The number of fused-ring (bicyclic) bond motifs is 1. The van der Waals surface area contributed by atoms with E-state index in [0.717, 1.165) is 16.7 Å². The number of aromatic nitrogens is 2. The molecule has 0 saturated carbocycles. The Labute approximate surface area is 341 Å². The summed E-state index contributed by atoms with van der Waals surface area (Å²) < 4.78 is 32.1. The highest BCUT2D eigenvalue weighted by molar-refractivity contribution is 7.99. The van der Waals surface area contributed by atoms with E-state index < -0.39 is 37.5 Å². The number of cyclic esters (lactones) is 1. The Hall–Kier alpha value is -4.75. The van der Waals surface area contributed by atoms with Crippen molar-refractivity contribution in [3.05, 3.63) is 148 Å². The average Bonchev–Trinajstić information content (AvgIpc) is 3.64. The average molecular weight is 808 g/mol. The largest absolute Gasteiger partial charge is 0.496 e. The van der Waals surface area contributed by atoms with E-state index in [0.29, 0.717) is 39.9 Å². The highest BCUT2D eigenvalue weighted by Gasteiger charge is 2.42. The fourth-order valence-corrected chi connectivity index (χ4v) is 9.76. The van der Waals surface area contributed by atoms with Crippen molar-refractivity contribution in [1.29, 1.82) is 0 Å². The fourth-order valence-electron chi connectivity index (χ4n) is 6.78. The molecule has 0 bridgehead atoms. The number of aryl methyl sites for hydroxylation is 1. The van der Waals surface area contributed by atoms with Crippen molar-refractivity contribution in [2.45, 2.75) is 88.8 Å². The van der Waals surface area contributed by atoms with Gasteiger partial charge in [0.1, 0.15) is 28.9 Å². The molecule has 6 rings (SSSR count). The molecule has 1 aromatic heterocycles. The number of methoxy groups -OCH3 is 1. The number of carbonyl (C=O) groups is 2. The molecule has 0 aliphatic carbocycles. The maximum Gasteiger partial charge on any atom is 0.339 e. The van der Waals surface area contributed by atoms with Gasteiger partial charge in [-0.1, -0.05) is 123 Å².